The highest BCUT2D eigenvalue weighted by Gasteiger charge is 2.21. The summed E-state index contributed by atoms with van der Waals surface area (Å²) in [6.07, 6.45) is 0.648. The first-order valence-electron chi connectivity index (χ1n) is 7.46. The van der Waals surface area contributed by atoms with Crippen LogP contribution in [0.15, 0.2) is 15.4 Å². The van der Waals surface area contributed by atoms with E-state index in [1.54, 1.807) is 13.0 Å². The molecule has 8 nitrogen and oxygen atoms in total. The largest absolute Gasteiger partial charge is 0.345 e. The zero-order valence-electron chi connectivity index (χ0n) is 13.9. The Balaban J connectivity index is 2.20. The Bertz CT molecular complexity index is 757. The molecular formula is C15H21N5O3. The molecule has 2 heterocycles. The Kier molecular flexibility index (Phi) is 4.63. The summed E-state index contributed by atoms with van der Waals surface area (Å²) in [5.74, 6) is 0.423. The fourth-order valence-corrected chi connectivity index (χ4v) is 1.90. The number of aromatic nitrogens is 4. The number of nitrogens with zero attached hydrogens (tertiary/aromatic N) is 3. The summed E-state index contributed by atoms with van der Waals surface area (Å²) in [6.45, 7) is 9.45. The Morgan fingerprint density at radius 1 is 1.39 bits per heavy atom. The van der Waals surface area contributed by atoms with E-state index in [-0.39, 0.29) is 11.1 Å². The van der Waals surface area contributed by atoms with E-state index >= 15 is 0 Å². The van der Waals surface area contributed by atoms with Crippen LogP contribution in [-0.4, -0.2) is 26.0 Å². The SMILES string of the molecule is CCc1noc(C(C)NC(=O)c2cc(C(C)(C)C)[nH]c(=O)n2)n1. The van der Waals surface area contributed by atoms with Crippen molar-refractivity contribution in [1.82, 2.24) is 25.4 Å². The number of carbonyl (C=O) groups is 1. The van der Waals surface area contributed by atoms with Crippen LogP contribution in [0.3, 0.4) is 0 Å². The molecule has 0 spiro atoms. The number of amides is 1. The molecule has 0 aliphatic heterocycles. The monoisotopic (exact) mass is 319 g/mol. The highest BCUT2D eigenvalue weighted by molar-refractivity contribution is 5.92. The molecule has 2 N–H and O–H groups in total. The van der Waals surface area contributed by atoms with Crippen LogP contribution in [0.1, 0.15) is 68.6 Å². The lowest BCUT2D eigenvalue weighted by molar-refractivity contribution is 0.0926. The van der Waals surface area contributed by atoms with Gasteiger partial charge in [-0.2, -0.15) is 9.97 Å². The second-order valence-electron chi connectivity index (χ2n) is 6.33. The lowest BCUT2D eigenvalue weighted by Gasteiger charge is -2.18. The standard InChI is InChI=1S/C15H21N5O3/c1-6-11-19-13(23-20-11)8(2)16-12(21)9-7-10(15(3,4)5)18-14(22)17-9/h7-8H,6H2,1-5H3,(H,16,21)(H,17,18,22). The fraction of sp³-hybridized carbons (Fsp3) is 0.533. The van der Waals surface area contributed by atoms with Gasteiger partial charge in [-0.3, -0.25) is 4.79 Å². The number of nitrogens with one attached hydrogen (secondary N) is 2. The maximum absolute atomic E-state index is 12.3. The molecule has 0 aliphatic rings. The van der Waals surface area contributed by atoms with Crippen LogP contribution in [-0.2, 0) is 11.8 Å². The molecule has 1 atom stereocenters. The van der Waals surface area contributed by atoms with Gasteiger partial charge in [-0.05, 0) is 13.0 Å². The zero-order valence-corrected chi connectivity index (χ0v) is 13.9. The van der Waals surface area contributed by atoms with Gasteiger partial charge in [0.15, 0.2) is 5.82 Å². The van der Waals surface area contributed by atoms with Gasteiger partial charge in [0.2, 0.25) is 5.89 Å². The number of rotatable bonds is 4. The van der Waals surface area contributed by atoms with Gasteiger partial charge in [0, 0.05) is 17.5 Å². The normalized spacial score (nSPS) is 12.9. The number of hydrogen-bond donors (Lipinski definition) is 2. The molecule has 1 amide bonds. The van der Waals surface area contributed by atoms with E-state index in [2.05, 4.69) is 25.4 Å². The molecular weight excluding hydrogens is 298 g/mol. The van der Waals surface area contributed by atoms with Crippen molar-refractivity contribution in [1.29, 1.82) is 0 Å². The van der Waals surface area contributed by atoms with E-state index in [9.17, 15) is 9.59 Å². The first kappa shape index (κ1) is 16.9. The van der Waals surface area contributed by atoms with Gasteiger partial charge in [-0.15, -0.1) is 0 Å². The molecule has 0 aromatic carbocycles. The van der Waals surface area contributed by atoms with E-state index in [1.165, 1.54) is 0 Å². The number of aromatic amines is 1. The number of H-pyrrole nitrogens is 1. The van der Waals surface area contributed by atoms with E-state index in [0.29, 0.717) is 23.8 Å². The smallest absolute Gasteiger partial charge is 0.339 e. The van der Waals surface area contributed by atoms with Crippen LogP contribution in [0.5, 0.6) is 0 Å². The van der Waals surface area contributed by atoms with E-state index < -0.39 is 17.6 Å². The molecule has 0 radical (unpaired) electrons. The molecule has 0 saturated carbocycles. The average Bonchev–Trinajstić information content (AvgIpc) is 2.94. The minimum Gasteiger partial charge on any atom is -0.339 e. The summed E-state index contributed by atoms with van der Waals surface area (Å²) in [4.78, 5) is 34.5. The van der Waals surface area contributed by atoms with Crippen molar-refractivity contribution < 1.29 is 9.32 Å². The fourth-order valence-electron chi connectivity index (χ4n) is 1.90. The second kappa shape index (κ2) is 6.31. The topological polar surface area (TPSA) is 114 Å². The van der Waals surface area contributed by atoms with Gasteiger partial charge in [0.05, 0.1) is 0 Å². The van der Waals surface area contributed by atoms with Crippen LogP contribution >= 0.6 is 0 Å². The Hall–Kier alpha value is -2.51. The third-order valence-corrected chi connectivity index (χ3v) is 3.30. The molecule has 0 bridgehead atoms. The Labute approximate surface area is 133 Å². The number of carbonyl (C=O) groups excluding carboxylic acids is 1. The van der Waals surface area contributed by atoms with Gasteiger partial charge >= 0.3 is 5.69 Å². The summed E-state index contributed by atoms with van der Waals surface area (Å²) < 4.78 is 5.09. The van der Waals surface area contributed by atoms with Gasteiger partial charge in [-0.1, -0.05) is 32.9 Å². The Morgan fingerprint density at radius 3 is 2.65 bits per heavy atom. The molecule has 23 heavy (non-hydrogen) atoms. The molecule has 2 rings (SSSR count). The van der Waals surface area contributed by atoms with Crippen molar-refractivity contribution in [3.63, 3.8) is 0 Å². The summed E-state index contributed by atoms with van der Waals surface area (Å²) in [7, 11) is 0. The molecule has 0 aliphatic carbocycles. The highest BCUT2D eigenvalue weighted by Crippen LogP contribution is 2.19. The lowest BCUT2D eigenvalue weighted by atomic mass is 9.91. The summed E-state index contributed by atoms with van der Waals surface area (Å²) in [5, 5.41) is 6.49. The van der Waals surface area contributed by atoms with Crippen molar-refractivity contribution in [3.8, 4) is 0 Å². The lowest BCUT2D eigenvalue weighted by Crippen LogP contribution is -2.31. The first-order chi connectivity index (χ1) is 10.7. The maximum Gasteiger partial charge on any atom is 0.345 e. The summed E-state index contributed by atoms with van der Waals surface area (Å²) in [5.41, 5.74) is -0.158. The van der Waals surface area contributed by atoms with Gasteiger partial charge in [0.1, 0.15) is 11.7 Å². The first-order valence-corrected chi connectivity index (χ1v) is 7.46. The van der Waals surface area contributed by atoms with E-state index in [0.717, 1.165) is 0 Å². The molecule has 124 valence electrons. The summed E-state index contributed by atoms with van der Waals surface area (Å²) in [6, 6.07) is 1.10. The predicted molar refractivity (Wildman–Crippen MR) is 83.1 cm³/mol. The van der Waals surface area contributed by atoms with Crippen LogP contribution in [0.4, 0.5) is 0 Å². The zero-order chi connectivity index (χ0) is 17.2. The van der Waals surface area contributed by atoms with Crippen molar-refractivity contribution in [2.75, 3.05) is 0 Å². The molecule has 0 fully saturated rings. The molecule has 1 unspecified atom stereocenters. The molecule has 0 saturated heterocycles. The van der Waals surface area contributed by atoms with Gasteiger partial charge in [0.25, 0.3) is 5.91 Å². The third kappa shape index (κ3) is 4.02. The summed E-state index contributed by atoms with van der Waals surface area (Å²) >= 11 is 0. The molecule has 2 aromatic rings. The Morgan fingerprint density at radius 2 is 2.09 bits per heavy atom. The van der Waals surface area contributed by atoms with Gasteiger partial charge < -0.3 is 14.8 Å². The van der Waals surface area contributed by atoms with Crippen LogP contribution in [0, 0.1) is 0 Å². The second-order valence-corrected chi connectivity index (χ2v) is 6.33. The van der Waals surface area contributed by atoms with Crippen molar-refractivity contribution in [3.05, 3.63) is 39.7 Å². The van der Waals surface area contributed by atoms with E-state index in [4.69, 9.17) is 4.52 Å². The predicted octanol–water partition coefficient (Wildman–Crippen LogP) is 1.50. The van der Waals surface area contributed by atoms with Crippen LogP contribution < -0.4 is 11.0 Å². The van der Waals surface area contributed by atoms with Crippen molar-refractivity contribution in [2.45, 2.75) is 52.5 Å². The number of hydrogen-bond acceptors (Lipinski definition) is 6. The minimum atomic E-state index is -0.554. The highest BCUT2D eigenvalue weighted by atomic mass is 16.5. The minimum absolute atomic E-state index is 0.0563. The van der Waals surface area contributed by atoms with Crippen LogP contribution in [0.25, 0.3) is 0 Å². The van der Waals surface area contributed by atoms with Crippen molar-refractivity contribution >= 4 is 5.91 Å². The molecule has 2 aromatic heterocycles. The van der Waals surface area contributed by atoms with Crippen LogP contribution in [0.2, 0.25) is 0 Å². The third-order valence-electron chi connectivity index (χ3n) is 3.30. The maximum atomic E-state index is 12.3. The van der Waals surface area contributed by atoms with Crippen molar-refractivity contribution in [2.24, 2.45) is 0 Å². The molecule has 8 heteroatoms. The van der Waals surface area contributed by atoms with E-state index in [1.807, 2.05) is 27.7 Å². The average molecular weight is 319 g/mol. The quantitative estimate of drug-likeness (QED) is 0.883. The number of aryl methyl sites for hydroxylation is 1. The van der Waals surface area contributed by atoms with Gasteiger partial charge in [-0.25, -0.2) is 4.79 Å².